The number of ketones is 1. The number of rotatable bonds is 21. The summed E-state index contributed by atoms with van der Waals surface area (Å²) in [5.41, 5.74) is 0.660. The lowest BCUT2D eigenvalue weighted by atomic mass is 9.92. The van der Waals surface area contributed by atoms with E-state index in [4.69, 9.17) is 0 Å². The fourth-order valence-corrected chi connectivity index (χ4v) is 7.69. The number of carboxylic acid groups (broad SMARTS) is 1. The largest absolute Gasteiger partial charge is 0.480 e. The average molecular weight is 780 g/mol. The number of carboxylic acids is 1. The van der Waals surface area contributed by atoms with E-state index in [2.05, 4.69) is 41.9 Å². The highest BCUT2D eigenvalue weighted by molar-refractivity contribution is 6.38. The number of aromatic amines is 1. The Labute approximate surface area is 327 Å². The first-order valence-corrected chi connectivity index (χ1v) is 19.8. The molecular formula is C39H57N9O8. The second kappa shape index (κ2) is 20.6. The van der Waals surface area contributed by atoms with Crippen molar-refractivity contribution in [1.29, 1.82) is 0 Å². The number of amides is 5. The number of tetrazole rings is 1. The van der Waals surface area contributed by atoms with Gasteiger partial charge in [0.25, 0.3) is 5.91 Å². The summed E-state index contributed by atoms with van der Waals surface area (Å²) in [5, 5.41) is 34.3. The molecular weight excluding hydrogens is 722 g/mol. The maximum Gasteiger partial charge on any atom is 0.326 e. The number of benzene rings is 1. The van der Waals surface area contributed by atoms with E-state index in [1.54, 1.807) is 65.0 Å². The SMILES string of the molecule is CCCC(NC(=O)[C@@H]1[C@H]2CCCC2CN1C(=O)[C@@H](NC(=O)[C@H](NC(=O)CCCCc1nn[nH]n1)C(C)C)C(C)C)C(=O)C(=O)N[C@H](Cc1ccccc1)C(=O)O. The average Bonchev–Trinajstić information content (AvgIpc) is 3.92. The van der Waals surface area contributed by atoms with Crippen molar-refractivity contribution in [1.82, 2.24) is 46.8 Å². The number of hydrogen-bond donors (Lipinski definition) is 6. The van der Waals surface area contributed by atoms with Crippen LogP contribution in [0, 0.1) is 23.7 Å². The molecule has 6 N–H and O–H groups in total. The molecule has 1 saturated heterocycles. The molecule has 17 nitrogen and oxygen atoms in total. The first-order chi connectivity index (χ1) is 26.7. The van der Waals surface area contributed by atoms with Crippen molar-refractivity contribution in [2.45, 2.75) is 129 Å². The monoisotopic (exact) mass is 779 g/mol. The third-order valence-electron chi connectivity index (χ3n) is 10.7. The molecule has 0 radical (unpaired) electrons. The van der Waals surface area contributed by atoms with E-state index >= 15 is 0 Å². The number of nitrogens with zero attached hydrogens (tertiary/aromatic N) is 4. The van der Waals surface area contributed by atoms with Crippen LogP contribution in [0.15, 0.2) is 30.3 Å². The molecule has 306 valence electrons. The summed E-state index contributed by atoms with van der Waals surface area (Å²) < 4.78 is 0. The highest BCUT2D eigenvalue weighted by atomic mass is 16.4. The summed E-state index contributed by atoms with van der Waals surface area (Å²) >= 11 is 0. The molecule has 1 aliphatic heterocycles. The van der Waals surface area contributed by atoms with E-state index in [-0.39, 0.29) is 48.8 Å². The van der Waals surface area contributed by atoms with Crippen LogP contribution in [-0.4, -0.2) is 109 Å². The van der Waals surface area contributed by atoms with Gasteiger partial charge in [0.15, 0.2) is 5.82 Å². The van der Waals surface area contributed by atoms with Crippen LogP contribution in [0.4, 0.5) is 0 Å². The number of aryl methyl sites for hydroxylation is 1. The summed E-state index contributed by atoms with van der Waals surface area (Å²) in [6.45, 7) is 9.26. The van der Waals surface area contributed by atoms with Crippen LogP contribution >= 0.6 is 0 Å². The maximum absolute atomic E-state index is 14.4. The van der Waals surface area contributed by atoms with Crippen LogP contribution in [0.3, 0.4) is 0 Å². The molecule has 5 amide bonds. The Balaban J connectivity index is 1.43. The Bertz CT molecular complexity index is 1670. The van der Waals surface area contributed by atoms with E-state index in [1.807, 2.05) is 0 Å². The predicted octanol–water partition coefficient (Wildman–Crippen LogP) is 1.49. The van der Waals surface area contributed by atoms with Crippen LogP contribution in [0.2, 0.25) is 0 Å². The zero-order valence-corrected chi connectivity index (χ0v) is 33.0. The molecule has 7 atom stereocenters. The first kappa shape index (κ1) is 43.5. The van der Waals surface area contributed by atoms with Gasteiger partial charge in [0.2, 0.25) is 29.4 Å². The lowest BCUT2D eigenvalue weighted by Crippen LogP contribution is -2.60. The number of carbonyl (C=O) groups excluding carboxylic acids is 6. The van der Waals surface area contributed by atoms with E-state index in [1.165, 1.54) is 4.90 Å². The molecule has 0 bridgehead atoms. The summed E-state index contributed by atoms with van der Waals surface area (Å²) in [5.74, 6) is -5.49. The summed E-state index contributed by atoms with van der Waals surface area (Å²) in [6.07, 6.45) is 4.83. The lowest BCUT2D eigenvalue weighted by molar-refractivity contribution is -0.146. The van der Waals surface area contributed by atoms with Gasteiger partial charge in [0, 0.05) is 25.8 Å². The van der Waals surface area contributed by atoms with Crippen molar-refractivity contribution >= 4 is 41.3 Å². The normalized spacial score (nSPS) is 19.8. The third kappa shape index (κ3) is 11.6. The van der Waals surface area contributed by atoms with Crippen molar-refractivity contribution in [3.63, 3.8) is 0 Å². The van der Waals surface area contributed by atoms with Crippen molar-refractivity contribution < 1.29 is 38.7 Å². The van der Waals surface area contributed by atoms with Crippen molar-refractivity contribution in [3.8, 4) is 0 Å². The van der Waals surface area contributed by atoms with Gasteiger partial charge in [-0.05, 0) is 61.3 Å². The van der Waals surface area contributed by atoms with Gasteiger partial charge in [-0.25, -0.2) is 4.79 Å². The number of unbranched alkanes of at least 4 members (excludes halogenated alkanes) is 1. The molecule has 56 heavy (non-hydrogen) atoms. The third-order valence-corrected chi connectivity index (χ3v) is 10.7. The molecule has 1 aromatic heterocycles. The Morgan fingerprint density at radius 3 is 2.23 bits per heavy atom. The van der Waals surface area contributed by atoms with Gasteiger partial charge < -0.3 is 31.3 Å². The van der Waals surface area contributed by atoms with Crippen LogP contribution in [0.5, 0.6) is 0 Å². The van der Waals surface area contributed by atoms with Crippen LogP contribution < -0.4 is 21.3 Å². The van der Waals surface area contributed by atoms with Gasteiger partial charge in [-0.3, -0.25) is 28.8 Å². The minimum absolute atomic E-state index is 0.0381. The molecule has 1 aromatic carbocycles. The fourth-order valence-electron chi connectivity index (χ4n) is 7.69. The summed E-state index contributed by atoms with van der Waals surface area (Å²) in [4.78, 5) is 95.3. The van der Waals surface area contributed by atoms with Crippen LogP contribution in [-0.2, 0) is 46.4 Å². The van der Waals surface area contributed by atoms with Crippen molar-refractivity contribution in [2.75, 3.05) is 6.54 Å². The topological polar surface area (TPSA) is 246 Å². The molecule has 2 aliphatic rings. The predicted molar refractivity (Wildman–Crippen MR) is 203 cm³/mol. The lowest BCUT2D eigenvalue weighted by Gasteiger charge is -2.34. The molecule has 2 aromatic rings. The molecule has 4 rings (SSSR count). The van der Waals surface area contributed by atoms with Crippen molar-refractivity contribution in [3.05, 3.63) is 41.7 Å². The second-order valence-corrected chi connectivity index (χ2v) is 15.6. The summed E-state index contributed by atoms with van der Waals surface area (Å²) in [7, 11) is 0. The Kier molecular flexibility index (Phi) is 16.0. The summed E-state index contributed by atoms with van der Waals surface area (Å²) in [6, 6.07) is 3.22. The van der Waals surface area contributed by atoms with Crippen molar-refractivity contribution in [2.24, 2.45) is 23.7 Å². The number of aliphatic carboxylic acids is 1. The highest BCUT2D eigenvalue weighted by Crippen LogP contribution is 2.42. The van der Waals surface area contributed by atoms with Gasteiger partial charge >= 0.3 is 5.97 Å². The number of Topliss-reactive ketones (excluding diaryl/α,β-unsaturated/α-hetero) is 1. The second-order valence-electron chi connectivity index (χ2n) is 15.6. The zero-order valence-electron chi connectivity index (χ0n) is 33.0. The number of aromatic nitrogens is 4. The molecule has 1 aliphatic carbocycles. The standard InChI is InChI=1S/C39H57N9O8/c1-6-13-27(34(50)37(53)41-28(39(55)56)20-24-14-8-7-9-15-24)40-36(52)33-26-17-12-16-25(26)21-48(33)38(54)32(23(4)5)43-35(51)31(22(2)3)42-30(49)19-11-10-18-29-44-46-47-45-29/h7-9,14-15,22-23,25-28,31-33H,6,10-13,16-21H2,1-5H3,(H,40,52)(H,41,53)(H,42,49)(H,43,51)(H,55,56)(H,44,45,46,47)/t25?,26-,27?,28+,31+,32-,33-/m0/s1. The Morgan fingerprint density at radius 1 is 0.893 bits per heavy atom. The number of fused-ring (bicyclic) bond motifs is 1. The number of hydrogen-bond acceptors (Lipinski definition) is 10. The quantitative estimate of drug-likeness (QED) is 0.0783. The van der Waals surface area contributed by atoms with Crippen LogP contribution in [0.1, 0.15) is 97.4 Å². The van der Waals surface area contributed by atoms with Crippen LogP contribution in [0.25, 0.3) is 0 Å². The van der Waals surface area contributed by atoms with Gasteiger partial charge in [-0.1, -0.05) is 83.0 Å². The Hall–Kier alpha value is -5.22. The molecule has 2 heterocycles. The Morgan fingerprint density at radius 2 is 1.61 bits per heavy atom. The van der Waals surface area contributed by atoms with Gasteiger partial charge in [0.1, 0.15) is 24.2 Å². The van der Waals surface area contributed by atoms with E-state index in [0.717, 1.165) is 12.8 Å². The molecule has 1 saturated carbocycles. The maximum atomic E-state index is 14.4. The fraction of sp³-hybridized carbons (Fsp3) is 0.641. The van der Waals surface area contributed by atoms with E-state index in [9.17, 15) is 38.7 Å². The molecule has 17 heteroatoms. The number of nitrogens with one attached hydrogen (secondary N) is 5. The molecule has 2 unspecified atom stereocenters. The molecule has 0 spiro atoms. The van der Waals surface area contributed by atoms with E-state index in [0.29, 0.717) is 50.0 Å². The number of H-pyrrole nitrogens is 1. The zero-order chi connectivity index (χ0) is 40.9. The van der Waals surface area contributed by atoms with Gasteiger partial charge in [-0.15, -0.1) is 10.2 Å². The smallest absolute Gasteiger partial charge is 0.326 e. The van der Waals surface area contributed by atoms with E-state index < -0.39 is 65.6 Å². The molecule has 2 fully saturated rings. The highest BCUT2D eigenvalue weighted by Gasteiger charge is 2.51. The van der Waals surface area contributed by atoms with Gasteiger partial charge in [-0.2, -0.15) is 5.21 Å². The number of carbonyl (C=O) groups is 7. The minimum atomic E-state index is -1.37. The first-order valence-electron chi connectivity index (χ1n) is 19.8. The minimum Gasteiger partial charge on any atom is -0.480 e. The number of likely N-dealkylation sites (tertiary alicyclic amines) is 1. The van der Waals surface area contributed by atoms with Gasteiger partial charge in [0.05, 0.1) is 6.04 Å².